The molecule has 8 aromatic rings. The second-order valence-electron chi connectivity index (χ2n) is 14.1. The zero-order valence-electron chi connectivity index (χ0n) is 28.0. The lowest BCUT2D eigenvalue weighted by atomic mass is 9.67. The second-order valence-corrected chi connectivity index (χ2v) is 16.7. The van der Waals surface area contributed by atoms with Gasteiger partial charge in [-0.25, -0.2) is 0 Å². The highest BCUT2D eigenvalue weighted by molar-refractivity contribution is 8.06. The fourth-order valence-corrected chi connectivity index (χ4v) is 9.53. The van der Waals surface area contributed by atoms with Gasteiger partial charge in [0.1, 0.15) is 23.5 Å². The van der Waals surface area contributed by atoms with Crippen LogP contribution in [0.1, 0.15) is 28.7 Å². The van der Waals surface area contributed by atoms with E-state index in [4.69, 9.17) is 9.47 Å². The van der Waals surface area contributed by atoms with Gasteiger partial charge in [-0.15, -0.1) is 11.8 Å². The van der Waals surface area contributed by atoms with Crippen molar-refractivity contribution >= 4 is 66.6 Å². The van der Waals surface area contributed by atoms with Crippen LogP contribution in [0.3, 0.4) is 0 Å². The Morgan fingerprint density at radius 1 is 0.529 bits per heavy atom. The standard InChI is InChI=1S/C47H34O2S2/c1-3-7-40-29(5-1)13-19-42-45(40)46-41-8-4-2-6-30(41)14-20-43(46)47(42,35-15-9-33-25-37(17-11-31(33)23-35)48-27-39-28-51-39)36-16-10-34-26-38(18-12-32(34)24-36)49-44-21-22-50-44/h1-20,23-26,39,44H,21-22,27-28H2. The van der Waals surface area contributed by atoms with Crippen LogP contribution in [0.5, 0.6) is 11.5 Å². The minimum atomic E-state index is -0.544. The Hall–Kier alpha value is -4.90. The molecule has 1 aliphatic carbocycles. The number of hydrogen-bond donors (Lipinski definition) is 0. The molecule has 0 saturated carbocycles. The van der Waals surface area contributed by atoms with E-state index < -0.39 is 5.41 Å². The molecule has 2 fully saturated rings. The van der Waals surface area contributed by atoms with Crippen molar-refractivity contribution in [3.8, 4) is 22.6 Å². The van der Waals surface area contributed by atoms with Crippen LogP contribution < -0.4 is 9.47 Å². The Labute approximate surface area is 305 Å². The molecule has 0 aromatic heterocycles. The lowest BCUT2D eigenvalue weighted by Gasteiger charge is -2.34. The maximum absolute atomic E-state index is 6.28. The van der Waals surface area contributed by atoms with E-state index in [2.05, 4.69) is 146 Å². The highest BCUT2D eigenvalue weighted by Gasteiger charge is 2.47. The van der Waals surface area contributed by atoms with Gasteiger partial charge in [0.2, 0.25) is 0 Å². The maximum atomic E-state index is 6.28. The van der Waals surface area contributed by atoms with Gasteiger partial charge in [0.05, 0.1) is 5.41 Å². The highest BCUT2D eigenvalue weighted by Crippen LogP contribution is 2.60. The van der Waals surface area contributed by atoms with Gasteiger partial charge in [0, 0.05) is 23.2 Å². The predicted molar refractivity (Wildman–Crippen MR) is 217 cm³/mol. The molecule has 2 nitrogen and oxygen atoms in total. The van der Waals surface area contributed by atoms with Gasteiger partial charge >= 0.3 is 0 Å². The summed E-state index contributed by atoms with van der Waals surface area (Å²) < 4.78 is 12.5. The van der Waals surface area contributed by atoms with E-state index in [0.717, 1.165) is 24.5 Å². The number of benzene rings is 8. The first-order valence-corrected chi connectivity index (χ1v) is 20.0. The van der Waals surface area contributed by atoms with Gasteiger partial charge in [0.25, 0.3) is 0 Å². The van der Waals surface area contributed by atoms with Crippen molar-refractivity contribution in [2.24, 2.45) is 0 Å². The van der Waals surface area contributed by atoms with Crippen LogP contribution in [0.4, 0.5) is 0 Å². The summed E-state index contributed by atoms with van der Waals surface area (Å²) in [5.74, 6) is 4.28. The van der Waals surface area contributed by atoms with Crippen LogP contribution in [-0.4, -0.2) is 28.8 Å². The molecular weight excluding hydrogens is 661 g/mol. The fourth-order valence-electron chi connectivity index (χ4n) is 8.53. The van der Waals surface area contributed by atoms with E-state index in [0.29, 0.717) is 5.25 Å². The molecule has 246 valence electrons. The predicted octanol–water partition coefficient (Wildman–Crippen LogP) is 12.0. The van der Waals surface area contributed by atoms with Gasteiger partial charge in [-0.1, -0.05) is 109 Å². The van der Waals surface area contributed by atoms with E-state index in [1.807, 2.05) is 23.5 Å². The minimum Gasteiger partial charge on any atom is -0.492 e. The molecule has 2 atom stereocenters. The lowest BCUT2D eigenvalue weighted by molar-refractivity contribution is 0.272. The van der Waals surface area contributed by atoms with Gasteiger partial charge in [0.15, 0.2) is 0 Å². The lowest BCUT2D eigenvalue weighted by Crippen LogP contribution is -2.28. The fraction of sp³-hybridized carbons (Fsp3) is 0.149. The summed E-state index contributed by atoms with van der Waals surface area (Å²) in [4.78, 5) is 0. The van der Waals surface area contributed by atoms with Crippen molar-refractivity contribution in [3.63, 3.8) is 0 Å². The second kappa shape index (κ2) is 11.6. The smallest absolute Gasteiger partial charge is 0.145 e. The molecule has 11 rings (SSSR count). The summed E-state index contributed by atoms with van der Waals surface area (Å²) in [6.07, 6.45) is 1.12. The number of ether oxygens (including phenoxy) is 2. The third kappa shape index (κ3) is 4.73. The van der Waals surface area contributed by atoms with E-state index in [1.165, 1.54) is 88.0 Å². The van der Waals surface area contributed by atoms with Crippen LogP contribution in [0.15, 0.2) is 146 Å². The largest absolute Gasteiger partial charge is 0.492 e. The molecule has 0 N–H and O–H groups in total. The zero-order valence-corrected chi connectivity index (χ0v) is 29.6. The van der Waals surface area contributed by atoms with Crippen LogP contribution in [0, 0.1) is 0 Å². The Balaban J connectivity index is 1.18. The van der Waals surface area contributed by atoms with Crippen molar-refractivity contribution in [1.29, 1.82) is 0 Å². The van der Waals surface area contributed by atoms with Crippen LogP contribution >= 0.6 is 23.5 Å². The Bertz CT molecular complexity index is 2600. The molecule has 2 unspecified atom stereocenters. The molecule has 3 aliphatic rings. The number of thioether (sulfide) groups is 2. The van der Waals surface area contributed by atoms with Crippen molar-refractivity contribution < 1.29 is 9.47 Å². The van der Waals surface area contributed by atoms with Gasteiger partial charge < -0.3 is 9.47 Å². The molecule has 0 spiro atoms. The van der Waals surface area contributed by atoms with Crippen LogP contribution in [-0.2, 0) is 5.41 Å². The molecule has 0 bridgehead atoms. The van der Waals surface area contributed by atoms with E-state index >= 15 is 0 Å². The molecule has 2 saturated heterocycles. The van der Waals surface area contributed by atoms with Crippen LogP contribution in [0.25, 0.3) is 54.2 Å². The van der Waals surface area contributed by atoms with Crippen molar-refractivity contribution in [2.45, 2.75) is 22.5 Å². The molecule has 8 aromatic carbocycles. The molecule has 2 aliphatic heterocycles. The summed E-state index contributed by atoms with van der Waals surface area (Å²) in [7, 11) is 0. The highest BCUT2D eigenvalue weighted by atomic mass is 32.2. The normalized spacial score (nSPS) is 18.4. The molecule has 51 heavy (non-hydrogen) atoms. The van der Waals surface area contributed by atoms with E-state index in [1.54, 1.807) is 0 Å². The van der Waals surface area contributed by atoms with Crippen LogP contribution in [0.2, 0.25) is 0 Å². The molecule has 0 radical (unpaired) electrons. The zero-order chi connectivity index (χ0) is 33.5. The van der Waals surface area contributed by atoms with E-state index in [9.17, 15) is 0 Å². The third-order valence-electron chi connectivity index (χ3n) is 11.2. The first-order valence-electron chi connectivity index (χ1n) is 17.9. The van der Waals surface area contributed by atoms with Crippen molar-refractivity contribution in [2.75, 3.05) is 18.1 Å². The first-order chi connectivity index (χ1) is 25.2. The minimum absolute atomic E-state index is 0.272. The van der Waals surface area contributed by atoms with Gasteiger partial charge in [-0.3, -0.25) is 0 Å². The quantitative estimate of drug-likeness (QED) is 0.155. The average molecular weight is 695 g/mol. The average Bonchev–Trinajstić information content (AvgIpc) is 3.95. The Morgan fingerprint density at radius 3 is 1.61 bits per heavy atom. The number of fused-ring (bicyclic) bond motifs is 9. The molecule has 4 heteroatoms. The number of hydrogen-bond acceptors (Lipinski definition) is 4. The molecule has 2 heterocycles. The van der Waals surface area contributed by atoms with Gasteiger partial charge in [-0.2, -0.15) is 11.8 Å². The van der Waals surface area contributed by atoms with E-state index in [-0.39, 0.29) is 5.44 Å². The topological polar surface area (TPSA) is 18.5 Å². The third-order valence-corrected chi connectivity index (χ3v) is 13.3. The molecule has 0 amide bonds. The Kier molecular flexibility index (Phi) is 6.75. The SMILES string of the molecule is c1ccc2c3c(ccc2c1)C(c1ccc2cc(OCC4CS4)ccc2c1)(c1ccc2cc(OC4CCS4)ccc2c1)c1ccc2ccccc2c1-3. The molecular formula is C47H34O2S2. The van der Waals surface area contributed by atoms with Crippen molar-refractivity contribution in [1.82, 2.24) is 0 Å². The first kappa shape index (κ1) is 29.8. The summed E-state index contributed by atoms with van der Waals surface area (Å²) in [6.45, 7) is 0.780. The summed E-state index contributed by atoms with van der Waals surface area (Å²) in [5.41, 5.74) is 7.60. The summed E-state index contributed by atoms with van der Waals surface area (Å²) >= 11 is 3.86. The summed E-state index contributed by atoms with van der Waals surface area (Å²) in [6, 6.07) is 54.6. The maximum Gasteiger partial charge on any atom is 0.145 e. The monoisotopic (exact) mass is 694 g/mol. The Morgan fingerprint density at radius 2 is 1.04 bits per heavy atom. The van der Waals surface area contributed by atoms with Crippen molar-refractivity contribution in [3.05, 3.63) is 168 Å². The summed E-state index contributed by atoms with van der Waals surface area (Å²) in [5, 5.41) is 10.6. The van der Waals surface area contributed by atoms with Gasteiger partial charge in [-0.05, 0) is 113 Å². The number of rotatable bonds is 7.